The highest BCUT2D eigenvalue weighted by Gasteiger charge is 2.27. The SMILES string of the molecule is CC(Cc1ccccc1F)C(=O)NC1CCCCC1CN.Cl. The zero-order valence-electron chi connectivity index (χ0n) is 13.1. The number of carbonyl (C=O) groups is 1. The highest BCUT2D eigenvalue weighted by Crippen LogP contribution is 2.24. The topological polar surface area (TPSA) is 55.1 Å². The van der Waals surface area contributed by atoms with Crippen molar-refractivity contribution in [2.75, 3.05) is 6.54 Å². The molecule has 22 heavy (non-hydrogen) atoms. The number of rotatable bonds is 5. The van der Waals surface area contributed by atoms with Crippen LogP contribution in [0.15, 0.2) is 24.3 Å². The summed E-state index contributed by atoms with van der Waals surface area (Å²) in [5, 5.41) is 3.12. The van der Waals surface area contributed by atoms with Crippen molar-refractivity contribution >= 4 is 18.3 Å². The molecule has 3 N–H and O–H groups in total. The Morgan fingerprint density at radius 3 is 2.73 bits per heavy atom. The van der Waals surface area contributed by atoms with E-state index < -0.39 is 0 Å². The molecular weight excluding hydrogens is 303 g/mol. The van der Waals surface area contributed by atoms with Gasteiger partial charge in [-0.2, -0.15) is 0 Å². The molecule has 3 nitrogen and oxygen atoms in total. The van der Waals surface area contributed by atoms with Crippen LogP contribution >= 0.6 is 12.4 Å². The molecular formula is C17H26ClFN2O. The maximum Gasteiger partial charge on any atom is 0.223 e. The van der Waals surface area contributed by atoms with Gasteiger partial charge >= 0.3 is 0 Å². The Morgan fingerprint density at radius 1 is 1.36 bits per heavy atom. The van der Waals surface area contributed by atoms with Gasteiger partial charge in [0.15, 0.2) is 0 Å². The Morgan fingerprint density at radius 2 is 2.05 bits per heavy atom. The quantitative estimate of drug-likeness (QED) is 0.872. The average molecular weight is 329 g/mol. The average Bonchev–Trinajstić information content (AvgIpc) is 2.50. The number of carbonyl (C=O) groups excluding carboxylic acids is 1. The van der Waals surface area contributed by atoms with Crippen LogP contribution in [0.2, 0.25) is 0 Å². The van der Waals surface area contributed by atoms with E-state index in [0.717, 1.165) is 19.3 Å². The monoisotopic (exact) mass is 328 g/mol. The van der Waals surface area contributed by atoms with Crippen LogP contribution in [0.4, 0.5) is 4.39 Å². The first-order valence-electron chi connectivity index (χ1n) is 7.85. The number of hydrogen-bond donors (Lipinski definition) is 2. The predicted molar refractivity (Wildman–Crippen MR) is 89.5 cm³/mol. The number of nitrogens with two attached hydrogens (primary N) is 1. The lowest BCUT2D eigenvalue weighted by Crippen LogP contribution is -2.46. The third-order valence-corrected chi connectivity index (χ3v) is 4.47. The Bertz CT molecular complexity index is 483. The molecule has 1 aliphatic carbocycles. The highest BCUT2D eigenvalue weighted by atomic mass is 35.5. The fourth-order valence-corrected chi connectivity index (χ4v) is 3.09. The van der Waals surface area contributed by atoms with E-state index in [2.05, 4.69) is 5.32 Å². The molecule has 124 valence electrons. The Balaban J connectivity index is 0.00000242. The van der Waals surface area contributed by atoms with Crippen LogP contribution in [0, 0.1) is 17.7 Å². The first kappa shape index (κ1) is 18.9. The molecule has 1 saturated carbocycles. The van der Waals surface area contributed by atoms with Gasteiger partial charge in [-0.25, -0.2) is 4.39 Å². The molecule has 1 fully saturated rings. The standard InChI is InChI=1S/C17H25FN2O.ClH/c1-12(10-13-6-2-4-8-15(13)18)17(21)20-16-9-5-3-7-14(16)11-19;/h2,4,6,8,12,14,16H,3,5,7,9-11,19H2,1H3,(H,20,21);1H. The first-order chi connectivity index (χ1) is 10.1. The zero-order valence-corrected chi connectivity index (χ0v) is 13.9. The summed E-state index contributed by atoms with van der Waals surface area (Å²) in [5.41, 5.74) is 6.38. The second-order valence-corrected chi connectivity index (χ2v) is 6.09. The van der Waals surface area contributed by atoms with Crippen molar-refractivity contribution in [3.8, 4) is 0 Å². The maximum atomic E-state index is 13.6. The Labute approximate surface area is 138 Å². The van der Waals surface area contributed by atoms with Crippen molar-refractivity contribution in [1.29, 1.82) is 0 Å². The molecule has 3 atom stereocenters. The van der Waals surface area contributed by atoms with E-state index in [-0.39, 0.29) is 36.1 Å². The number of nitrogens with one attached hydrogen (secondary N) is 1. The van der Waals surface area contributed by atoms with E-state index in [1.54, 1.807) is 18.2 Å². The number of halogens is 2. The summed E-state index contributed by atoms with van der Waals surface area (Å²) in [7, 11) is 0. The summed E-state index contributed by atoms with van der Waals surface area (Å²) >= 11 is 0. The van der Waals surface area contributed by atoms with E-state index in [0.29, 0.717) is 24.4 Å². The lowest BCUT2D eigenvalue weighted by Gasteiger charge is -2.32. The lowest BCUT2D eigenvalue weighted by atomic mass is 9.84. The normalized spacial score (nSPS) is 22.5. The van der Waals surface area contributed by atoms with Gasteiger partial charge in [-0.05, 0) is 43.4 Å². The molecule has 0 spiro atoms. The molecule has 1 aromatic carbocycles. The molecule has 0 aliphatic heterocycles. The van der Waals surface area contributed by atoms with E-state index >= 15 is 0 Å². The van der Waals surface area contributed by atoms with Crippen molar-refractivity contribution in [3.63, 3.8) is 0 Å². The van der Waals surface area contributed by atoms with E-state index in [1.807, 2.05) is 6.92 Å². The van der Waals surface area contributed by atoms with Crippen LogP contribution in [0.5, 0.6) is 0 Å². The van der Waals surface area contributed by atoms with Crippen LogP contribution in [0.1, 0.15) is 38.2 Å². The summed E-state index contributed by atoms with van der Waals surface area (Å²) in [6.07, 6.45) is 4.85. The van der Waals surface area contributed by atoms with Crippen molar-refractivity contribution in [3.05, 3.63) is 35.6 Å². The maximum absolute atomic E-state index is 13.6. The Hall–Kier alpha value is -1.13. The molecule has 0 aromatic heterocycles. The Kier molecular flexibility index (Phi) is 7.83. The second-order valence-electron chi connectivity index (χ2n) is 6.09. The largest absolute Gasteiger partial charge is 0.353 e. The smallest absolute Gasteiger partial charge is 0.223 e. The van der Waals surface area contributed by atoms with Gasteiger partial charge in [-0.1, -0.05) is 38.0 Å². The molecule has 5 heteroatoms. The van der Waals surface area contributed by atoms with E-state index in [1.165, 1.54) is 12.5 Å². The van der Waals surface area contributed by atoms with Gasteiger partial charge in [0.05, 0.1) is 0 Å². The molecule has 1 aliphatic rings. The molecule has 2 rings (SSSR count). The predicted octanol–water partition coefficient (Wildman–Crippen LogP) is 3.06. The molecule has 3 unspecified atom stereocenters. The summed E-state index contributed by atoms with van der Waals surface area (Å²) in [6, 6.07) is 6.82. The summed E-state index contributed by atoms with van der Waals surface area (Å²) < 4.78 is 13.6. The van der Waals surface area contributed by atoms with Crippen LogP contribution < -0.4 is 11.1 Å². The molecule has 0 saturated heterocycles. The molecule has 1 amide bonds. The van der Waals surface area contributed by atoms with Gasteiger partial charge in [-0.15, -0.1) is 12.4 Å². The summed E-state index contributed by atoms with van der Waals surface area (Å²) in [5.74, 6) is -0.0936. The summed E-state index contributed by atoms with van der Waals surface area (Å²) in [6.45, 7) is 2.47. The van der Waals surface area contributed by atoms with Crippen LogP contribution in [-0.2, 0) is 11.2 Å². The van der Waals surface area contributed by atoms with Gasteiger partial charge in [0.25, 0.3) is 0 Å². The summed E-state index contributed by atoms with van der Waals surface area (Å²) in [4.78, 5) is 12.3. The van der Waals surface area contributed by atoms with E-state index in [9.17, 15) is 9.18 Å². The number of benzene rings is 1. The van der Waals surface area contributed by atoms with Gasteiger partial charge in [0.1, 0.15) is 5.82 Å². The number of hydrogen-bond acceptors (Lipinski definition) is 2. The first-order valence-corrected chi connectivity index (χ1v) is 7.85. The van der Waals surface area contributed by atoms with Crippen LogP contribution in [-0.4, -0.2) is 18.5 Å². The fourth-order valence-electron chi connectivity index (χ4n) is 3.09. The molecule has 0 bridgehead atoms. The van der Waals surface area contributed by atoms with Gasteiger partial charge in [0.2, 0.25) is 5.91 Å². The van der Waals surface area contributed by atoms with Gasteiger partial charge in [-0.3, -0.25) is 4.79 Å². The van der Waals surface area contributed by atoms with Crippen molar-refractivity contribution < 1.29 is 9.18 Å². The highest BCUT2D eigenvalue weighted by molar-refractivity contribution is 5.85. The van der Waals surface area contributed by atoms with Gasteiger partial charge < -0.3 is 11.1 Å². The number of amides is 1. The van der Waals surface area contributed by atoms with Crippen molar-refractivity contribution in [2.45, 2.75) is 45.1 Å². The fraction of sp³-hybridized carbons (Fsp3) is 0.588. The minimum Gasteiger partial charge on any atom is -0.353 e. The van der Waals surface area contributed by atoms with Gasteiger partial charge in [0, 0.05) is 12.0 Å². The molecule has 0 radical (unpaired) electrons. The van der Waals surface area contributed by atoms with Crippen molar-refractivity contribution in [2.24, 2.45) is 17.6 Å². The van der Waals surface area contributed by atoms with E-state index in [4.69, 9.17) is 5.73 Å². The second kappa shape index (κ2) is 9.11. The minimum absolute atomic E-state index is 0. The minimum atomic E-state index is -0.241. The third kappa shape index (κ3) is 4.96. The lowest BCUT2D eigenvalue weighted by molar-refractivity contribution is -0.125. The third-order valence-electron chi connectivity index (χ3n) is 4.47. The molecule has 1 aromatic rings. The zero-order chi connectivity index (χ0) is 15.2. The van der Waals surface area contributed by atoms with Crippen LogP contribution in [0.25, 0.3) is 0 Å². The van der Waals surface area contributed by atoms with Crippen LogP contribution in [0.3, 0.4) is 0 Å². The molecule has 0 heterocycles. The van der Waals surface area contributed by atoms with Crippen molar-refractivity contribution in [1.82, 2.24) is 5.32 Å².